The van der Waals surface area contributed by atoms with E-state index in [9.17, 15) is 0 Å². The number of aromatic nitrogens is 4. The molecule has 0 radical (unpaired) electrons. The van der Waals surface area contributed by atoms with Crippen LogP contribution in [0.15, 0.2) is 116 Å². The molecule has 9 heteroatoms. The number of nitrogens with two attached hydrogens (primary N) is 1. The van der Waals surface area contributed by atoms with E-state index in [4.69, 9.17) is 19.6 Å². The van der Waals surface area contributed by atoms with Gasteiger partial charge in [0.05, 0.1) is 25.6 Å². The fourth-order valence-corrected chi connectivity index (χ4v) is 10.9. The standard InChI is InChI=1S/C35H39N5O3Si/c1-5-35(23-42-44(34(2,3)4,27-17-11-7-12-18-27)28-19-13-8-14-20-28)29(41-22-26-15-9-6-10-16-26)21-30(43-35)40-25-39-31-32(36)37-24-38-33(31)40/h5-20,24-25,29-30H,1,21-23H2,2-4H3,(H2,36,37,38)/t29-,30+,35+/m0/s1. The van der Waals surface area contributed by atoms with Crippen molar-refractivity contribution in [2.45, 2.75) is 56.8 Å². The SMILES string of the molecule is C=C[C@]1(CO[Si](c2ccccc2)(c2ccccc2)C(C)(C)C)O[C@@H](n2cnc3c(N)ncnc32)C[C@@H]1OCc1ccccc1. The lowest BCUT2D eigenvalue weighted by atomic mass is 9.97. The van der Waals surface area contributed by atoms with E-state index in [1.165, 1.54) is 16.7 Å². The molecule has 3 aromatic carbocycles. The first kappa shape index (κ1) is 29.9. The number of rotatable bonds is 10. The number of nitrogen functional groups attached to an aromatic ring is 1. The van der Waals surface area contributed by atoms with Crippen molar-refractivity contribution in [3.05, 3.63) is 122 Å². The van der Waals surface area contributed by atoms with Crippen LogP contribution in [0.2, 0.25) is 5.04 Å². The number of anilines is 1. The number of hydrogen-bond donors (Lipinski definition) is 1. The average molecular weight is 606 g/mol. The normalized spacial score (nSPS) is 20.6. The molecule has 1 aliphatic heterocycles. The molecule has 6 rings (SSSR count). The predicted octanol–water partition coefficient (Wildman–Crippen LogP) is 5.41. The fourth-order valence-electron chi connectivity index (χ4n) is 6.34. The fraction of sp³-hybridized carbons (Fsp3) is 0.286. The van der Waals surface area contributed by atoms with Crippen LogP contribution in [-0.4, -0.2) is 46.1 Å². The maximum absolute atomic E-state index is 7.39. The van der Waals surface area contributed by atoms with Gasteiger partial charge in [0, 0.05) is 6.42 Å². The molecule has 2 N–H and O–H groups in total. The van der Waals surface area contributed by atoms with Crippen molar-refractivity contribution in [1.82, 2.24) is 19.5 Å². The zero-order chi connectivity index (χ0) is 30.8. The highest BCUT2D eigenvalue weighted by Crippen LogP contribution is 2.44. The molecule has 226 valence electrons. The molecular formula is C35H39N5O3Si. The maximum atomic E-state index is 7.39. The summed E-state index contributed by atoms with van der Waals surface area (Å²) in [6.07, 6.45) is 4.75. The molecular weight excluding hydrogens is 567 g/mol. The molecule has 0 aliphatic carbocycles. The van der Waals surface area contributed by atoms with Gasteiger partial charge in [0.2, 0.25) is 0 Å². The second-order valence-corrected chi connectivity index (χ2v) is 16.6. The van der Waals surface area contributed by atoms with Crippen molar-refractivity contribution < 1.29 is 13.9 Å². The Morgan fingerprint density at radius 2 is 1.57 bits per heavy atom. The van der Waals surface area contributed by atoms with Crippen molar-refractivity contribution in [3.8, 4) is 0 Å². The monoisotopic (exact) mass is 605 g/mol. The summed E-state index contributed by atoms with van der Waals surface area (Å²) in [6, 6.07) is 31.4. The number of imidazole rings is 1. The number of ether oxygens (including phenoxy) is 2. The predicted molar refractivity (Wildman–Crippen MR) is 176 cm³/mol. The third kappa shape index (κ3) is 5.37. The minimum Gasteiger partial charge on any atom is -0.404 e. The van der Waals surface area contributed by atoms with Gasteiger partial charge >= 0.3 is 0 Å². The van der Waals surface area contributed by atoms with Crippen LogP contribution in [-0.2, 0) is 20.5 Å². The number of nitrogens with zero attached hydrogens (tertiary/aromatic N) is 4. The molecule has 0 unspecified atom stereocenters. The van der Waals surface area contributed by atoms with E-state index in [1.54, 1.807) is 6.33 Å². The highest BCUT2D eigenvalue weighted by molar-refractivity contribution is 6.99. The van der Waals surface area contributed by atoms with Gasteiger partial charge in [-0.1, -0.05) is 118 Å². The van der Waals surface area contributed by atoms with Crippen LogP contribution >= 0.6 is 0 Å². The molecule has 2 aromatic heterocycles. The van der Waals surface area contributed by atoms with E-state index < -0.39 is 20.1 Å². The van der Waals surface area contributed by atoms with E-state index in [-0.39, 0.29) is 17.7 Å². The Bertz CT molecular complexity index is 1670. The van der Waals surface area contributed by atoms with Crippen molar-refractivity contribution in [3.63, 3.8) is 0 Å². The quantitative estimate of drug-likeness (QED) is 0.168. The summed E-state index contributed by atoms with van der Waals surface area (Å²) in [4.78, 5) is 13.1. The second-order valence-electron chi connectivity index (χ2n) is 12.3. The molecule has 5 aromatic rings. The first-order valence-electron chi connectivity index (χ1n) is 14.9. The van der Waals surface area contributed by atoms with E-state index in [0.717, 1.165) is 5.56 Å². The minimum atomic E-state index is -2.88. The van der Waals surface area contributed by atoms with Gasteiger partial charge in [-0.3, -0.25) is 4.57 Å². The van der Waals surface area contributed by atoms with Crippen LogP contribution in [0, 0.1) is 0 Å². The Kier molecular flexibility index (Phi) is 8.21. The van der Waals surface area contributed by atoms with E-state index >= 15 is 0 Å². The Morgan fingerprint density at radius 1 is 0.955 bits per heavy atom. The van der Waals surface area contributed by atoms with Crippen LogP contribution < -0.4 is 16.1 Å². The molecule has 0 amide bonds. The van der Waals surface area contributed by atoms with Gasteiger partial charge in [-0.15, -0.1) is 6.58 Å². The summed E-state index contributed by atoms with van der Waals surface area (Å²) in [7, 11) is -2.88. The van der Waals surface area contributed by atoms with Crippen molar-refractivity contribution in [1.29, 1.82) is 0 Å². The molecule has 1 saturated heterocycles. The minimum absolute atomic E-state index is 0.203. The summed E-state index contributed by atoms with van der Waals surface area (Å²) < 4.78 is 22.9. The van der Waals surface area contributed by atoms with E-state index in [0.29, 0.717) is 30.0 Å². The highest BCUT2D eigenvalue weighted by Gasteiger charge is 2.55. The van der Waals surface area contributed by atoms with Gasteiger partial charge in [0.15, 0.2) is 11.5 Å². The molecule has 3 heterocycles. The molecule has 3 atom stereocenters. The van der Waals surface area contributed by atoms with Crippen molar-refractivity contribution >= 4 is 35.7 Å². The van der Waals surface area contributed by atoms with Gasteiger partial charge in [-0.2, -0.15) is 0 Å². The van der Waals surface area contributed by atoms with Crippen LogP contribution in [0.5, 0.6) is 0 Å². The smallest absolute Gasteiger partial charge is 0.261 e. The van der Waals surface area contributed by atoms with Crippen LogP contribution in [0.4, 0.5) is 5.82 Å². The lowest BCUT2D eigenvalue weighted by molar-refractivity contribution is -0.110. The lowest BCUT2D eigenvalue weighted by Gasteiger charge is -2.45. The Hall–Kier alpha value is -4.15. The molecule has 0 saturated carbocycles. The van der Waals surface area contributed by atoms with Gasteiger partial charge in [0.1, 0.15) is 23.7 Å². The van der Waals surface area contributed by atoms with Gasteiger partial charge in [-0.05, 0) is 21.0 Å². The van der Waals surface area contributed by atoms with Gasteiger partial charge in [0.25, 0.3) is 8.32 Å². The summed E-state index contributed by atoms with van der Waals surface area (Å²) in [5, 5.41) is 2.19. The topological polar surface area (TPSA) is 97.3 Å². The van der Waals surface area contributed by atoms with Gasteiger partial charge in [-0.25, -0.2) is 15.0 Å². The van der Waals surface area contributed by atoms with Crippen LogP contribution in [0.3, 0.4) is 0 Å². The third-order valence-electron chi connectivity index (χ3n) is 8.58. The van der Waals surface area contributed by atoms with Crippen molar-refractivity contribution in [2.75, 3.05) is 12.3 Å². The van der Waals surface area contributed by atoms with Crippen molar-refractivity contribution in [2.24, 2.45) is 0 Å². The first-order chi connectivity index (χ1) is 21.3. The first-order valence-corrected chi connectivity index (χ1v) is 16.8. The lowest BCUT2D eigenvalue weighted by Crippen LogP contribution is -2.68. The molecule has 1 aliphatic rings. The van der Waals surface area contributed by atoms with Crippen LogP contribution in [0.1, 0.15) is 39.0 Å². The highest BCUT2D eigenvalue weighted by atomic mass is 28.4. The zero-order valence-electron chi connectivity index (χ0n) is 25.5. The number of benzene rings is 3. The van der Waals surface area contributed by atoms with E-state index in [1.807, 2.05) is 41.0 Å². The summed E-state index contributed by atoms with van der Waals surface area (Å²) >= 11 is 0. The molecule has 8 nitrogen and oxygen atoms in total. The molecule has 0 bridgehead atoms. The Balaban J connectivity index is 1.40. The molecule has 0 spiro atoms. The average Bonchev–Trinajstić information content (AvgIpc) is 3.64. The number of hydrogen-bond acceptors (Lipinski definition) is 7. The number of fused-ring (bicyclic) bond motifs is 1. The summed E-state index contributed by atoms with van der Waals surface area (Å²) in [5.41, 5.74) is 7.38. The van der Waals surface area contributed by atoms with E-state index in [2.05, 4.69) is 103 Å². The van der Waals surface area contributed by atoms with Gasteiger partial charge < -0.3 is 19.6 Å². The van der Waals surface area contributed by atoms with Crippen LogP contribution in [0.25, 0.3) is 11.2 Å². The summed E-state index contributed by atoms with van der Waals surface area (Å²) in [5.74, 6) is 0.327. The largest absolute Gasteiger partial charge is 0.404 e. The third-order valence-corrected chi connectivity index (χ3v) is 13.6. The Labute approximate surface area is 259 Å². The maximum Gasteiger partial charge on any atom is 0.261 e. The molecule has 44 heavy (non-hydrogen) atoms. The Morgan fingerprint density at radius 3 is 2.16 bits per heavy atom. The molecule has 1 fully saturated rings. The zero-order valence-corrected chi connectivity index (χ0v) is 26.5. The summed E-state index contributed by atoms with van der Waals surface area (Å²) in [6.45, 7) is 11.8. The second kappa shape index (κ2) is 12.1.